The van der Waals surface area contributed by atoms with Gasteiger partial charge in [-0.3, -0.25) is 0 Å². The van der Waals surface area contributed by atoms with E-state index in [2.05, 4.69) is 41.2 Å². The van der Waals surface area contributed by atoms with E-state index < -0.39 is 5.60 Å². The van der Waals surface area contributed by atoms with E-state index in [0.29, 0.717) is 0 Å². The molecule has 0 bridgehead atoms. The lowest BCUT2D eigenvalue weighted by molar-refractivity contribution is 0.0222. The molecule has 0 amide bonds. The van der Waals surface area contributed by atoms with Crippen molar-refractivity contribution in [3.8, 4) is 0 Å². The van der Waals surface area contributed by atoms with Gasteiger partial charge in [-0.25, -0.2) is 0 Å². The van der Waals surface area contributed by atoms with Gasteiger partial charge in [-0.15, -0.1) is 11.3 Å². The van der Waals surface area contributed by atoms with Crippen LogP contribution in [-0.2, 0) is 6.42 Å². The smallest absolute Gasteiger partial charge is 0.0696 e. The van der Waals surface area contributed by atoms with Crippen molar-refractivity contribution < 1.29 is 5.11 Å². The fourth-order valence-corrected chi connectivity index (χ4v) is 3.61. The molecule has 0 saturated heterocycles. The number of halogens is 1. The van der Waals surface area contributed by atoms with Gasteiger partial charge in [0.25, 0.3) is 0 Å². The Hall–Kier alpha value is 0.140. The van der Waals surface area contributed by atoms with E-state index in [1.165, 1.54) is 4.88 Å². The normalized spacial score (nSPS) is 12.0. The van der Waals surface area contributed by atoms with Crippen LogP contribution in [0.4, 0.5) is 0 Å². The average Bonchev–Trinajstić information content (AvgIpc) is 2.52. The molecule has 86 valence electrons. The van der Waals surface area contributed by atoms with Crippen LogP contribution in [0.25, 0.3) is 0 Å². The molecule has 1 aromatic heterocycles. The van der Waals surface area contributed by atoms with E-state index in [4.69, 9.17) is 0 Å². The number of aliphatic hydroxyl groups is 1. The van der Waals surface area contributed by atoms with Gasteiger partial charge >= 0.3 is 0 Å². The van der Waals surface area contributed by atoms with Crippen LogP contribution in [0.15, 0.2) is 15.9 Å². The fraction of sp³-hybridized carbons (Fsp3) is 0.667. The van der Waals surface area contributed by atoms with Crippen LogP contribution >= 0.6 is 27.3 Å². The van der Waals surface area contributed by atoms with Gasteiger partial charge in [-0.1, -0.05) is 26.7 Å². The highest BCUT2D eigenvalue weighted by atomic mass is 79.9. The van der Waals surface area contributed by atoms with Gasteiger partial charge in [0.05, 0.1) is 5.60 Å². The molecule has 0 unspecified atom stereocenters. The number of hydrogen-bond acceptors (Lipinski definition) is 2. The van der Waals surface area contributed by atoms with E-state index in [1.54, 1.807) is 11.3 Å². The van der Waals surface area contributed by atoms with Crippen molar-refractivity contribution in [1.29, 1.82) is 0 Å². The van der Waals surface area contributed by atoms with Gasteiger partial charge in [0, 0.05) is 15.8 Å². The Morgan fingerprint density at radius 2 is 1.93 bits per heavy atom. The maximum absolute atomic E-state index is 10.5. The molecule has 1 aromatic rings. The molecule has 1 heterocycles. The first kappa shape index (κ1) is 13.2. The molecule has 0 spiro atoms. The molecule has 0 saturated carbocycles. The predicted molar refractivity (Wildman–Crippen MR) is 70.5 cm³/mol. The summed E-state index contributed by atoms with van der Waals surface area (Å²) in [6.45, 7) is 4.26. The standard InChI is InChI=1S/C12H19BrOS/c1-3-6-12(14,7-4-2)9-11-10(13)5-8-15-11/h5,8,14H,3-4,6-7,9H2,1-2H3. The zero-order chi connectivity index (χ0) is 11.3. The first-order chi connectivity index (χ1) is 7.11. The lowest BCUT2D eigenvalue weighted by Crippen LogP contribution is -2.30. The molecule has 0 aliphatic heterocycles. The third-order valence-electron chi connectivity index (χ3n) is 2.61. The average molecular weight is 291 g/mol. The molecule has 15 heavy (non-hydrogen) atoms. The Balaban J connectivity index is 2.70. The van der Waals surface area contributed by atoms with Gasteiger partial charge in [-0.05, 0) is 40.2 Å². The highest BCUT2D eigenvalue weighted by Crippen LogP contribution is 2.31. The summed E-state index contributed by atoms with van der Waals surface area (Å²) in [5.41, 5.74) is -0.503. The van der Waals surface area contributed by atoms with Crippen molar-refractivity contribution in [3.05, 3.63) is 20.8 Å². The quantitative estimate of drug-likeness (QED) is 0.824. The minimum Gasteiger partial charge on any atom is -0.390 e. The monoisotopic (exact) mass is 290 g/mol. The molecule has 1 rings (SSSR count). The first-order valence-corrected chi connectivity index (χ1v) is 7.23. The largest absolute Gasteiger partial charge is 0.390 e. The van der Waals surface area contributed by atoms with Gasteiger partial charge in [0.2, 0.25) is 0 Å². The molecular formula is C12H19BrOS. The summed E-state index contributed by atoms with van der Waals surface area (Å²) >= 11 is 5.24. The Morgan fingerprint density at radius 3 is 2.33 bits per heavy atom. The van der Waals surface area contributed by atoms with E-state index in [0.717, 1.165) is 36.6 Å². The maximum atomic E-state index is 10.5. The Bertz CT molecular complexity index is 290. The molecule has 3 heteroatoms. The van der Waals surface area contributed by atoms with E-state index in [9.17, 15) is 5.11 Å². The summed E-state index contributed by atoms with van der Waals surface area (Å²) in [5.74, 6) is 0. The third kappa shape index (κ3) is 3.89. The summed E-state index contributed by atoms with van der Waals surface area (Å²) in [4.78, 5) is 1.26. The molecule has 0 fully saturated rings. The Labute approximate surface area is 105 Å². The lowest BCUT2D eigenvalue weighted by atomic mass is 9.89. The summed E-state index contributed by atoms with van der Waals surface area (Å²) in [7, 11) is 0. The van der Waals surface area contributed by atoms with Crippen LogP contribution in [-0.4, -0.2) is 10.7 Å². The fourth-order valence-electron chi connectivity index (χ4n) is 1.98. The van der Waals surface area contributed by atoms with Crippen molar-refractivity contribution >= 4 is 27.3 Å². The molecule has 0 aliphatic rings. The third-order valence-corrected chi connectivity index (χ3v) is 4.54. The minimum atomic E-state index is -0.503. The van der Waals surface area contributed by atoms with Crippen LogP contribution in [0.5, 0.6) is 0 Å². The Morgan fingerprint density at radius 1 is 1.33 bits per heavy atom. The summed E-state index contributed by atoms with van der Waals surface area (Å²) in [5, 5.41) is 12.6. The second-order valence-corrected chi connectivity index (χ2v) is 5.95. The maximum Gasteiger partial charge on any atom is 0.0696 e. The topological polar surface area (TPSA) is 20.2 Å². The summed E-state index contributed by atoms with van der Waals surface area (Å²) in [6.07, 6.45) is 4.66. The predicted octanol–water partition coefficient (Wildman–Crippen LogP) is 4.38. The molecule has 0 aromatic carbocycles. The van der Waals surface area contributed by atoms with Crippen LogP contribution in [0, 0.1) is 0 Å². The number of thiophene rings is 1. The summed E-state index contributed by atoms with van der Waals surface area (Å²) in [6, 6.07) is 2.05. The minimum absolute atomic E-state index is 0.503. The van der Waals surface area contributed by atoms with Crippen molar-refractivity contribution in [3.63, 3.8) is 0 Å². The van der Waals surface area contributed by atoms with Gasteiger partial charge in [0.1, 0.15) is 0 Å². The van der Waals surface area contributed by atoms with Gasteiger partial charge in [0.15, 0.2) is 0 Å². The molecular weight excluding hydrogens is 272 g/mol. The highest BCUT2D eigenvalue weighted by molar-refractivity contribution is 9.10. The van der Waals surface area contributed by atoms with E-state index in [-0.39, 0.29) is 0 Å². The van der Waals surface area contributed by atoms with E-state index >= 15 is 0 Å². The molecule has 1 nitrogen and oxygen atoms in total. The summed E-state index contributed by atoms with van der Waals surface area (Å²) < 4.78 is 1.14. The van der Waals surface area contributed by atoms with Crippen LogP contribution in [0.3, 0.4) is 0 Å². The second-order valence-electron chi connectivity index (χ2n) is 4.09. The molecule has 1 N–H and O–H groups in total. The molecule has 0 aliphatic carbocycles. The zero-order valence-corrected chi connectivity index (χ0v) is 11.8. The van der Waals surface area contributed by atoms with Gasteiger partial charge in [-0.2, -0.15) is 0 Å². The highest BCUT2D eigenvalue weighted by Gasteiger charge is 2.26. The first-order valence-electron chi connectivity index (χ1n) is 5.55. The van der Waals surface area contributed by atoms with Crippen LogP contribution in [0.2, 0.25) is 0 Å². The lowest BCUT2D eigenvalue weighted by Gasteiger charge is -2.27. The zero-order valence-electron chi connectivity index (χ0n) is 9.42. The van der Waals surface area contributed by atoms with Crippen molar-refractivity contribution in [2.75, 3.05) is 0 Å². The van der Waals surface area contributed by atoms with E-state index in [1.807, 2.05) is 0 Å². The van der Waals surface area contributed by atoms with Gasteiger partial charge < -0.3 is 5.11 Å². The number of hydrogen-bond donors (Lipinski definition) is 1. The molecule has 0 radical (unpaired) electrons. The second kappa shape index (κ2) is 6.02. The van der Waals surface area contributed by atoms with Crippen molar-refractivity contribution in [2.24, 2.45) is 0 Å². The van der Waals surface area contributed by atoms with Crippen LogP contribution in [0.1, 0.15) is 44.4 Å². The van der Waals surface area contributed by atoms with Crippen LogP contribution < -0.4 is 0 Å². The Kier molecular flexibility index (Phi) is 5.30. The SMILES string of the molecule is CCCC(O)(CCC)Cc1sccc1Br. The van der Waals surface area contributed by atoms with Crippen molar-refractivity contribution in [2.45, 2.75) is 51.6 Å². The van der Waals surface area contributed by atoms with Crippen molar-refractivity contribution in [1.82, 2.24) is 0 Å². The number of rotatable bonds is 6. The molecule has 0 atom stereocenters.